The Labute approximate surface area is 136 Å². The van der Waals surface area contributed by atoms with Crippen LogP contribution in [-0.4, -0.2) is 16.1 Å². The molecule has 1 N–H and O–H groups in total. The van der Waals surface area contributed by atoms with E-state index in [1.54, 1.807) is 0 Å². The molecule has 1 aliphatic rings. The first-order valence-electron chi connectivity index (χ1n) is 8.16. The first-order valence-corrected chi connectivity index (χ1v) is 8.16. The van der Waals surface area contributed by atoms with Crippen LogP contribution >= 0.6 is 0 Å². The fraction of sp³-hybridized carbons (Fsp3) is 0.250. The zero-order valence-electron chi connectivity index (χ0n) is 13.6. The van der Waals surface area contributed by atoms with Gasteiger partial charge in [-0.05, 0) is 67.8 Å². The number of nitrogens with one attached hydrogen (secondary N) is 1. The van der Waals surface area contributed by atoms with Gasteiger partial charge in [-0.2, -0.15) is 0 Å². The first kappa shape index (κ1) is 14.2. The van der Waals surface area contributed by atoms with E-state index in [1.807, 2.05) is 12.4 Å². The Morgan fingerprint density at radius 1 is 1.22 bits per heavy atom. The normalized spacial score (nSPS) is 15.0. The maximum absolute atomic E-state index is 4.11. The van der Waals surface area contributed by atoms with E-state index in [4.69, 9.17) is 0 Å². The van der Waals surface area contributed by atoms with Crippen molar-refractivity contribution in [2.45, 2.75) is 26.8 Å². The van der Waals surface area contributed by atoms with Crippen molar-refractivity contribution >= 4 is 22.7 Å². The summed E-state index contributed by atoms with van der Waals surface area (Å²) in [6.45, 7) is 6.33. The molecule has 3 nitrogen and oxygen atoms in total. The number of fused-ring (bicyclic) bond motifs is 3. The van der Waals surface area contributed by atoms with Crippen LogP contribution in [0.5, 0.6) is 0 Å². The summed E-state index contributed by atoms with van der Waals surface area (Å²) in [5.41, 5.74) is 7.99. The number of aryl methyl sites for hydroxylation is 1. The van der Waals surface area contributed by atoms with E-state index in [9.17, 15) is 0 Å². The molecule has 3 heterocycles. The molecule has 0 saturated carbocycles. The summed E-state index contributed by atoms with van der Waals surface area (Å²) in [6, 6.07) is 10.9. The van der Waals surface area contributed by atoms with Crippen LogP contribution in [0.3, 0.4) is 0 Å². The van der Waals surface area contributed by atoms with Gasteiger partial charge in [0, 0.05) is 36.2 Å². The smallest absolute Gasteiger partial charge is 0.0529 e. The summed E-state index contributed by atoms with van der Waals surface area (Å²) in [5, 5.41) is 4.91. The molecular formula is C20H21N3. The van der Waals surface area contributed by atoms with E-state index in [1.165, 1.54) is 38.9 Å². The molecule has 0 spiro atoms. The van der Waals surface area contributed by atoms with E-state index < -0.39 is 0 Å². The highest BCUT2D eigenvalue weighted by Gasteiger charge is 2.19. The van der Waals surface area contributed by atoms with Crippen molar-refractivity contribution in [2.24, 2.45) is 0 Å². The van der Waals surface area contributed by atoms with Crippen molar-refractivity contribution in [1.82, 2.24) is 14.9 Å². The molecule has 2 aromatic heterocycles. The average molecular weight is 303 g/mol. The second kappa shape index (κ2) is 5.67. The Kier molecular flexibility index (Phi) is 3.50. The minimum Gasteiger partial charge on any atom is -0.318 e. The zero-order chi connectivity index (χ0) is 15.8. The SMILES string of the molecule is C/C(=C\n1c2c(c3cc(C)ccc31)CCNC2)c1ccncc1. The minimum absolute atomic E-state index is 0.934. The molecule has 0 radical (unpaired) electrons. The third kappa shape index (κ3) is 2.47. The fourth-order valence-corrected chi connectivity index (χ4v) is 3.47. The Morgan fingerprint density at radius 2 is 2.04 bits per heavy atom. The van der Waals surface area contributed by atoms with Crippen molar-refractivity contribution in [3.05, 3.63) is 65.1 Å². The molecule has 4 rings (SSSR count). The van der Waals surface area contributed by atoms with Gasteiger partial charge < -0.3 is 9.88 Å². The largest absolute Gasteiger partial charge is 0.318 e. The van der Waals surface area contributed by atoms with Gasteiger partial charge in [-0.25, -0.2) is 0 Å². The molecule has 23 heavy (non-hydrogen) atoms. The number of pyridine rings is 1. The van der Waals surface area contributed by atoms with Gasteiger partial charge in [0.15, 0.2) is 0 Å². The summed E-state index contributed by atoms with van der Waals surface area (Å²) in [6.07, 6.45) is 7.06. The quantitative estimate of drug-likeness (QED) is 0.775. The lowest BCUT2D eigenvalue weighted by molar-refractivity contribution is 0.629. The predicted octanol–water partition coefficient (Wildman–Crippen LogP) is 4.01. The van der Waals surface area contributed by atoms with Crippen LogP contribution in [0.15, 0.2) is 42.7 Å². The molecule has 0 saturated heterocycles. The van der Waals surface area contributed by atoms with Gasteiger partial charge in [0.05, 0.1) is 5.52 Å². The molecule has 3 heteroatoms. The standard InChI is InChI=1S/C20H21N3/c1-14-3-4-19-18(11-14)17-7-10-22-12-20(17)23(19)13-15(2)16-5-8-21-9-6-16/h3-6,8-9,11,13,22H,7,10,12H2,1-2H3/b15-13+. The van der Waals surface area contributed by atoms with Gasteiger partial charge in [0.2, 0.25) is 0 Å². The van der Waals surface area contributed by atoms with Gasteiger partial charge in [0.1, 0.15) is 0 Å². The highest BCUT2D eigenvalue weighted by molar-refractivity contribution is 5.90. The van der Waals surface area contributed by atoms with Crippen molar-refractivity contribution in [3.63, 3.8) is 0 Å². The van der Waals surface area contributed by atoms with Crippen LogP contribution in [0.25, 0.3) is 22.7 Å². The number of hydrogen-bond acceptors (Lipinski definition) is 2. The van der Waals surface area contributed by atoms with E-state index in [0.717, 1.165) is 19.5 Å². The van der Waals surface area contributed by atoms with Gasteiger partial charge in [-0.15, -0.1) is 0 Å². The Balaban J connectivity index is 1.93. The lowest BCUT2D eigenvalue weighted by Gasteiger charge is -2.16. The Hall–Kier alpha value is -2.39. The first-order chi connectivity index (χ1) is 11.2. The van der Waals surface area contributed by atoms with Crippen LogP contribution in [0.2, 0.25) is 0 Å². The summed E-state index contributed by atoms with van der Waals surface area (Å²) < 4.78 is 2.37. The molecule has 0 atom stereocenters. The molecule has 0 bridgehead atoms. The molecule has 1 aliphatic heterocycles. The second-order valence-corrected chi connectivity index (χ2v) is 6.29. The van der Waals surface area contributed by atoms with E-state index in [0.29, 0.717) is 0 Å². The maximum Gasteiger partial charge on any atom is 0.0529 e. The third-order valence-electron chi connectivity index (χ3n) is 4.68. The summed E-state index contributed by atoms with van der Waals surface area (Å²) in [7, 11) is 0. The fourth-order valence-electron chi connectivity index (χ4n) is 3.47. The monoisotopic (exact) mass is 303 g/mol. The lowest BCUT2D eigenvalue weighted by Crippen LogP contribution is -2.24. The number of allylic oxidation sites excluding steroid dienone is 1. The maximum atomic E-state index is 4.11. The van der Waals surface area contributed by atoms with E-state index in [-0.39, 0.29) is 0 Å². The molecule has 0 unspecified atom stereocenters. The molecule has 0 aliphatic carbocycles. The van der Waals surface area contributed by atoms with Crippen LogP contribution in [-0.2, 0) is 13.0 Å². The second-order valence-electron chi connectivity index (χ2n) is 6.29. The third-order valence-corrected chi connectivity index (χ3v) is 4.68. The Morgan fingerprint density at radius 3 is 2.87 bits per heavy atom. The van der Waals surface area contributed by atoms with Crippen LogP contribution in [0.4, 0.5) is 0 Å². The van der Waals surface area contributed by atoms with Gasteiger partial charge in [0.25, 0.3) is 0 Å². The van der Waals surface area contributed by atoms with Gasteiger partial charge in [-0.1, -0.05) is 11.6 Å². The van der Waals surface area contributed by atoms with Crippen LogP contribution in [0, 0.1) is 6.92 Å². The molecule has 3 aromatic rings. The Bertz CT molecular complexity index is 888. The number of benzene rings is 1. The molecule has 116 valence electrons. The van der Waals surface area contributed by atoms with E-state index in [2.05, 4.69) is 65.2 Å². The van der Waals surface area contributed by atoms with Gasteiger partial charge >= 0.3 is 0 Å². The molecular weight excluding hydrogens is 282 g/mol. The number of rotatable bonds is 2. The molecule has 0 fully saturated rings. The summed E-state index contributed by atoms with van der Waals surface area (Å²) in [4.78, 5) is 4.11. The minimum atomic E-state index is 0.934. The van der Waals surface area contributed by atoms with Crippen LogP contribution < -0.4 is 5.32 Å². The average Bonchev–Trinajstić information content (AvgIpc) is 2.89. The number of nitrogens with zero attached hydrogens (tertiary/aromatic N) is 2. The van der Waals surface area contributed by atoms with E-state index >= 15 is 0 Å². The molecule has 1 aromatic carbocycles. The summed E-state index contributed by atoms with van der Waals surface area (Å²) in [5.74, 6) is 0. The van der Waals surface area contributed by atoms with Crippen molar-refractivity contribution in [3.8, 4) is 0 Å². The predicted molar refractivity (Wildman–Crippen MR) is 96.2 cm³/mol. The van der Waals surface area contributed by atoms with Crippen molar-refractivity contribution < 1.29 is 0 Å². The van der Waals surface area contributed by atoms with Crippen molar-refractivity contribution in [1.29, 1.82) is 0 Å². The molecule has 0 amide bonds. The van der Waals surface area contributed by atoms with Gasteiger partial charge in [-0.3, -0.25) is 4.98 Å². The lowest BCUT2D eigenvalue weighted by atomic mass is 10.0. The van der Waals surface area contributed by atoms with Crippen LogP contribution in [0.1, 0.15) is 29.3 Å². The summed E-state index contributed by atoms with van der Waals surface area (Å²) >= 11 is 0. The number of hydrogen-bond donors (Lipinski definition) is 1. The zero-order valence-corrected chi connectivity index (χ0v) is 13.6. The van der Waals surface area contributed by atoms with Crippen molar-refractivity contribution in [2.75, 3.05) is 6.54 Å². The highest BCUT2D eigenvalue weighted by atomic mass is 15.0. The number of aromatic nitrogens is 2. The highest BCUT2D eigenvalue weighted by Crippen LogP contribution is 2.31. The topological polar surface area (TPSA) is 29.9 Å².